The lowest BCUT2D eigenvalue weighted by molar-refractivity contribution is -0.152. The van der Waals surface area contributed by atoms with E-state index in [-0.39, 0.29) is 6.61 Å². The molecule has 0 aliphatic heterocycles. The molecule has 1 rings (SSSR count). The Morgan fingerprint density at radius 2 is 2.11 bits per heavy atom. The highest BCUT2D eigenvalue weighted by atomic mass is 35.5. The fraction of sp³-hybridized carbons (Fsp3) is 0.429. The molecule has 4 nitrogen and oxygen atoms in total. The maximum Gasteiger partial charge on any atom is 0.397 e. The Balaban J connectivity index is 2.35. The van der Waals surface area contributed by atoms with E-state index in [2.05, 4.69) is 19.2 Å². The average molecular weight is 284 g/mol. The maximum atomic E-state index is 11.5. The number of anilines is 1. The van der Waals surface area contributed by atoms with Crippen LogP contribution in [0.4, 0.5) is 5.69 Å². The van der Waals surface area contributed by atoms with E-state index in [4.69, 9.17) is 16.3 Å². The van der Waals surface area contributed by atoms with E-state index in [0.29, 0.717) is 16.6 Å². The average Bonchev–Trinajstić information content (AvgIpc) is 2.34. The smallest absolute Gasteiger partial charge is 0.397 e. The van der Waals surface area contributed by atoms with Crippen molar-refractivity contribution in [2.24, 2.45) is 5.92 Å². The SMILES string of the molecule is CC(C)CCCOC(=O)C(=O)Nc1cccc(Cl)c1. The normalized spacial score (nSPS) is 10.3. The molecule has 0 spiro atoms. The summed E-state index contributed by atoms with van der Waals surface area (Å²) in [5.41, 5.74) is 0.469. The molecule has 1 aromatic rings. The highest BCUT2D eigenvalue weighted by Gasteiger charge is 2.15. The van der Waals surface area contributed by atoms with E-state index in [0.717, 1.165) is 12.8 Å². The van der Waals surface area contributed by atoms with E-state index in [1.165, 1.54) is 0 Å². The Morgan fingerprint density at radius 1 is 1.37 bits per heavy atom. The van der Waals surface area contributed by atoms with Gasteiger partial charge in [0.2, 0.25) is 0 Å². The molecule has 1 aromatic carbocycles. The van der Waals surface area contributed by atoms with Crippen molar-refractivity contribution in [1.82, 2.24) is 0 Å². The molecular formula is C14H18ClNO3. The quantitative estimate of drug-likeness (QED) is 0.513. The first-order chi connectivity index (χ1) is 8.99. The molecule has 0 aliphatic carbocycles. The standard InChI is InChI=1S/C14H18ClNO3/c1-10(2)5-4-8-19-14(18)13(17)16-12-7-3-6-11(15)9-12/h3,6-7,9-10H,4-5,8H2,1-2H3,(H,16,17). The first kappa shape index (κ1) is 15.5. The van der Waals surface area contributed by atoms with Crippen LogP contribution in [0.1, 0.15) is 26.7 Å². The molecule has 0 fully saturated rings. The zero-order valence-electron chi connectivity index (χ0n) is 11.1. The van der Waals surface area contributed by atoms with Crippen LogP contribution in [-0.2, 0) is 14.3 Å². The van der Waals surface area contributed by atoms with Crippen LogP contribution in [0.2, 0.25) is 5.02 Å². The van der Waals surface area contributed by atoms with Crippen LogP contribution in [0.15, 0.2) is 24.3 Å². The molecule has 19 heavy (non-hydrogen) atoms. The molecule has 1 N–H and O–H groups in total. The first-order valence-electron chi connectivity index (χ1n) is 6.22. The van der Waals surface area contributed by atoms with Crippen molar-refractivity contribution in [2.75, 3.05) is 11.9 Å². The van der Waals surface area contributed by atoms with Crippen LogP contribution < -0.4 is 5.32 Å². The van der Waals surface area contributed by atoms with Gasteiger partial charge in [0.05, 0.1) is 6.61 Å². The number of benzene rings is 1. The van der Waals surface area contributed by atoms with E-state index < -0.39 is 11.9 Å². The van der Waals surface area contributed by atoms with Crippen molar-refractivity contribution in [3.63, 3.8) is 0 Å². The largest absolute Gasteiger partial charge is 0.459 e. The Morgan fingerprint density at radius 3 is 2.74 bits per heavy atom. The third-order valence-corrected chi connectivity index (χ3v) is 2.66. The third kappa shape index (κ3) is 6.25. The van der Waals surface area contributed by atoms with Gasteiger partial charge in [0.25, 0.3) is 0 Å². The molecule has 0 aliphatic rings. The van der Waals surface area contributed by atoms with Crippen LogP contribution in [0.25, 0.3) is 0 Å². The van der Waals surface area contributed by atoms with Gasteiger partial charge in [0.1, 0.15) is 0 Å². The molecule has 0 aromatic heterocycles. The van der Waals surface area contributed by atoms with Crippen LogP contribution in [0.5, 0.6) is 0 Å². The summed E-state index contributed by atoms with van der Waals surface area (Å²) < 4.78 is 4.87. The van der Waals surface area contributed by atoms with E-state index in [9.17, 15) is 9.59 Å². The number of carbonyl (C=O) groups is 2. The Kier molecular flexibility index (Phi) is 6.36. The van der Waals surface area contributed by atoms with E-state index >= 15 is 0 Å². The molecule has 104 valence electrons. The number of nitrogens with one attached hydrogen (secondary N) is 1. The molecule has 0 bridgehead atoms. The molecule has 0 saturated carbocycles. The van der Waals surface area contributed by atoms with Crippen molar-refractivity contribution in [3.05, 3.63) is 29.3 Å². The topological polar surface area (TPSA) is 55.4 Å². The predicted molar refractivity (Wildman–Crippen MR) is 75.1 cm³/mol. The zero-order valence-corrected chi connectivity index (χ0v) is 11.9. The summed E-state index contributed by atoms with van der Waals surface area (Å²) in [6.45, 7) is 4.45. The fourth-order valence-corrected chi connectivity index (χ4v) is 1.66. The second-order valence-electron chi connectivity index (χ2n) is 4.64. The van der Waals surface area contributed by atoms with Gasteiger partial charge in [-0.2, -0.15) is 0 Å². The number of hydrogen-bond donors (Lipinski definition) is 1. The zero-order chi connectivity index (χ0) is 14.3. The van der Waals surface area contributed by atoms with Gasteiger partial charge in [0, 0.05) is 10.7 Å². The van der Waals surface area contributed by atoms with Crippen LogP contribution >= 0.6 is 11.6 Å². The van der Waals surface area contributed by atoms with Gasteiger partial charge >= 0.3 is 11.9 Å². The minimum Gasteiger partial charge on any atom is -0.459 e. The predicted octanol–water partition coefficient (Wildman–Crippen LogP) is 3.26. The summed E-state index contributed by atoms with van der Waals surface area (Å²) in [6.07, 6.45) is 1.72. The summed E-state index contributed by atoms with van der Waals surface area (Å²) in [5.74, 6) is -1.10. The maximum absolute atomic E-state index is 11.5. The highest BCUT2D eigenvalue weighted by molar-refractivity contribution is 6.37. The van der Waals surface area contributed by atoms with Crippen molar-refractivity contribution < 1.29 is 14.3 Å². The Hall–Kier alpha value is -1.55. The molecule has 0 radical (unpaired) electrons. The van der Waals surface area contributed by atoms with Crippen molar-refractivity contribution in [2.45, 2.75) is 26.7 Å². The number of hydrogen-bond acceptors (Lipinski definition) is 3. The minimum atomic E-state index is -0.872. The van der Waals surface area contributed by atoms with Gasteiger partial charge in [-0.25, -0.2) is 4.79 Å². The number of amides is 1. The summed E-state index contributed by atoms with van der Waals surface area (Å²) in [5, 5.41) is 2.92. The van der Waals surface area contributed by atoms with Crippen molar-refractivity contribution in [1.29, 1.82) is 0 Å². The van der Waals surface area contributed by atoms with Gasteiger partial charge in [-0.05, 0) is 37.0 Å². The number of halogens is 1. The van der Waals surface area contributed by atoms with Crippen molar-refractivity contribution >= 4 is 29.2 Å². The number of rotatable bonds is 5. The monoisotopic (exact) mass is 283 g/mol. The number of carbonyl (C=O) groups excluding carboxylic acids is 2. The van der Waals surface area contributed by atoms with Crippen LogP contribution in [0, 0.1) is 5.92 Å². The van der Waals surface area contributed by atoms with Crippen molar-refractivity contribution in [3.8, 4) is 0 Å². The second kappa shape index (κ2) is 7.79. The summed E-state index contributed by atoms with van der Waals surface area (Å²) in [6, 6.07) is 6.58. The molecule has 5 heteroatoms. The number of ether oxygens (including phenoxy) is 1. The number of esters is 1. The van der Waals surface area contributed by atoms with E-state index in [1.54, 1.807) is 24.3 Å². The van der Waals surface area contributed by atoms with Gasteiger partial charge < -0.3 is 10.1 Å². The molecule has 0 heterocycles. The lowest BCUT2D eigenvalue weighted by Crippen LogP contribution is -2.25. The summed E-state index contributed by atoms with van der Waals surface area (Å²) in [4.78, 5) is 22.9. The van der Waals surface area contributed by atoms with Crippen LogP contribution in [0.3, 0.4) is 0 Å². The molecule has 0 unspecified atom stereocenters. The molecule has 0 atom stereocenters. The first-order valence-corrected chi connectivity index (χ1v) is 6.60. The summed E-state index contributed by atoms with van der Waals surface area (Å²) in [7, 11) is 0. The third-order valence-electron chi connectivity index (χ3n) is 2.43. The Bertz CT molecular complexity index is 446. The van der Waals surface area contributed by atoms with Gasteiger partial charge in [-0.15, -0.1) is 0 Å². The highest BCUT2D eigenvalue weighted by Crippen LogP contribution is 2.14. The van der Waals surface area contributed by atoms with Gasteiger partial charge in [-0.3, -0.25) is 4.79 Å². The molecule has 0 saturated heterocycles. The fourth-order valence-electron chi connectivity index (χ4n) is 1.47. The lowest BCUT2D eigenvalue weighted by atomic mass is 10.1. The van der Waals surface area contributed by atoms with E-state index in [1.807, 2.05) is 0 Å². The molecule has 1 amide bonds. The molecular weight excluding hydrogens is 266 g/mol. The van der Waals surface area contributed by atoms with Crippen LogP contribution in [-0.4, -0.2) is 18.5 Å². The van der Waals surface area contributed by atoms with Gasteiger partial charge in [0.15, 0.2) is 0 Å². The van der Waals surface area contributed by atoms with Gasteiger partial charge in [-0.1, -0.05) is 31.5 Å². The minimum absolute atomic E-state index is 0.264. The summed E-state index contributed by atoms with van der Waals surface area (Å²) >= 11 is 5.77. The lowest BCUT2D eigenvalue weighted by Gasteiger charge is -2.07. The second-order valence-corrected chi connectivity index (χ2v) is 5.07. The Labute approximate surface area is 118 Å².